The van der Waals surface area contributed by atoms with E-state index in [4.69, 9.17) is 0 Å². The van der Waals surface area contributed by atoms with E-state index >= 15 is 0 Å². The average Bonchev–Trinajstić information content (AvgIpc) is 2.29. The lowest BCUT2D eigenvalue weighted by atomic mass is 10.1. The first-order chi connectivity index (χ1) is 7.63. The predicted octanol–water partition coefficient (Wildman–Crippen LogP) is 1.57. The van der Waals surface area contributed by atoms with E-state index < -0.39 is 24.3 Å². The van der Waals surface area contributed by atoms with Crippen LogP contribution in [-0.4, -0.2) is 25.0 Å². The number of ketones is 1. The van der Waals surface area contributed by atoms with E-state index in [1.54, 1.807) is 30.3 Å². The van der Waals surface area contributed by atoms with Crippen LogP contribution in [0.3, 0.4) is 0 Å². The first kappa shape index (κ1) is 11.9. The summed E-state index contributed by atoms with van der Waals surface area (Å²) in [6.07, 6.45) is -1.61. The molecule has 0 unspecified atom stereocenters. The number of methoxy groups -OCH3 is 1. The van der Waals surface area contributed by atoms with Crippen molar-refractivity contribution in [3.63, 3.8) is 0 Å². The fourth-order valence-electron chi connectivity index (χ4n) is 1.03. The summed E-state index contributed by atoms with van der Waals surface area (Å²) in [6.45, 7) is 0. The van der Waals surface area contributed by atoms with Crippen molar-refractivity contribution >= 4 is 17.9 Å². The zero-order valence-electron chi connectivity index (χ0n) is 8.64. The number of Topliss-reactive ketones (excluding diaryl/α,β-unsaturated/α-hetero) is 1. The van der Waals surface area contributed by atoms with Gasteiger partial charge in [0.1, 0.15) is 6.42 Å². The molecule has 0 fully saturated rings. The molecule has 1 aromatic carbocycles. The third-order valence-electron chi connectivity index (χ3n) is 1.76. The maximum absolute atomic E-state index is 11.5. The van der Waals surface area contributed by atoms with E-state index in [0.29, 0.717) is 5.56 Å². The van der Waals surface area contributed by atoms with Gasteiger partial charge in [-0.2, -0.15) is 0 Å². The van der Waals surface area contributed by atoms with Crippen LogP contribution in [0.1, 0.15) is 16.8 Å². The smallest absolute Gasteiger partial charge is 0.437 e. The van der Waals surface area contributed by atoms with E-state index in [1.165, 1.54) is 0 Å². The van der Waals surface area contributed by atoms with Crippen LogP contribution >= 0.6 is 0 Å². The molecule has 0 aromatic heterocycles. The van der Waals surface area contributed by atoms with Crippen LogP contribution in [0, 0.1) is 0 Å². The van der Waals surface area contributed by atoms with Gasteiger partial charge in [0.05, 0.1) is 7.11 Å². The van der Waals surface area contributed by atoms with Crippen LogP contribution in [0.5, 0.6) is 0 Å². The van der Waals surface area contributed by atoms with Gasteiger partial charge in [-0.05, 0) is 0 Å². The molecule has 0 amide bonds. The third-order valence-corrected chi connectivity index (χ3v) is 1.76. The van der Waals surface area contributed by atoms with Gasteiger partial charge in [-0.15, -0.1) is 0 Å². The molecule has 84 valence electrons. The second-order valence-corrected chi connectivity index (χ2v) is 2.89. The minimum Gasteiger partial charge on any atom is -0.437 e. The van der Waals surface area contributed by atoms with Gasteiger partial charge >= 0.3 is 12.1 Å². The van der Waals surface area contributed by atoms with Crippen molar-refractivity contribution in [3.8, 4) is 0 Å². The Morgan fingerprint density at radius 1 is 1.12 bits per heavy atom. The summed E-state index contributed by atoms with van der Waals surface area (Å²) in [4.78, 5) is 33.1. The Morgan fingerprint density at radius 2 is 1.75 bits per heavy atom. The van der Waals surface area contributed by atoms with Gasteiger partial charge in [0, 0.05) is 5.56 Å². The van der Waals surface area contributed by atoms with Gasteiger partial charge in [0.2, 0.25) is 0 Å². The zero-order valence-corrected chi connectivity index (χ0v) is 8.64. The van der Waals surface area contributed by atoms with E-state index in [0.717, 1.165) is 7.11 Å². The molecule has 0 saturated heterocycles. The third kappa shape index (κ3) is 3.53. The van der Waals surface area contributed by atoms with Gasteiger partial charge in [-0.3, -0.25) is 9.59 Å². The highest BCUT2D eigenvalue weighted by atomic mass is 16.7. The zero-order chi connectivity index (χ0) is 12.0. The number of esters is 1. The standard InChI is InChI=1S/C11H10O5/c1-15-11(14)16-10(13)7-9(12)8-5-3-2-4-6-8/h2-6H,7H2,1H3. The minimum absolute atomic E-state index is 0.393. The Bertz CT molecular complexity index is 396. The van der Waals surface area contributed by atoms with Crippen molar-refractivity contribution in [2.24, 2.45) is 0 Å². The van der Waals surface area contributed by atoms with Crippen LogP contribution in [-0.2, 0) is 14.3 Å². The maximum Gasteiger partial charge on any atom is 0.515 e. The highest BCUT2D eigenvalue weighted by Crippen LogP contribution is 2.04. The van der Waals surface area contributed by atoms with Gasteiger partial charge in [-0.1, -0.05) is 30.3 Å². The molecule has 1 rings (SSSR count). The van der Waals surface area contributed by atoms with Crippen LogP contribution < -0.4 is 0 Å². The molecule has 5 heteroatoms. The molecule has 0 bridgehead atoms. The summed E-state index contributed by atoms with van der Waals surface area (Å²) in [5.74, 6) is -1.34. The molecule has 0 saturated carbocycles. The number of rotatable bonds is 3. The number of carbonyl (C=O) groups excluding carboxylic acids is 3. The maximum atomic E-state index is 11.5. The normalized spacial score (nSPS) is 9.31. The minimum atomic E-state index is -1.12. The lowest BCUT2D eigenvalue weighted by Crippen LogP contribution is -2.16. The van der Waals surface area contributed by atoms with Crippen molar-refractivity contribution in [3.05, 3.63) is 35.9 Å². The first-order valence-corrected chi connectivity index (χ1v) is 4.50. The molecule has 0 atom stereocenters. The van der Waals surface area contributed by atoms with Crippen molar-refractivity contribution in [2.45, 2.75) is 6.42 Å². The lowest BCUT2D eigenvalue weighted by Gasteiger charge is -2.00. The molecule has 0 radical (unpaired) electrons. The number of benzene rings is 1. The Labute approximate surface area is 92.0 Å². The summed E-state index contributed by atoms with van der Waals surface area (Å²) in [7, 11) is 1.08. The quantitative estimate of drug-likeness (QED) is 0.441. The first-order valence-electron chi connectivity index (χ1n) is 4.50. The number of hydrogen-bond donors (Lipinski definition) is 0. The average molecular weight is 222 g/mol. The van der Waals surface area contributed by atoms with Crippen molar-refractivity contribution in [1.82, 2.24) is 0 Å². The van der Waals surface area contributed by atoms with Gasteiger partial charge in [0.25, 0.3) is 0 Å². The monoisotopic (exact) mass is 222 g/mol. The van der Waals surface area contributed by atoms with Crippen LogP contribution in [0.25, 0.3) is 0 Å². The molecular weight excluding hydrogens is 212 g/mol. The van der Waals surface area contributed by atoms with Crippen molar-refractivity contribution in [1.29, 1.82) is 0 Å². The number of carbonyl (C=O) groups is 3. The van der Waals surface area contributed by atoms with Gasteiger partial charge in [-0.25, -0.2) is 4.79 Å². The van der Waals surface area contributed by atoms with Gasteiger partial charge in [0.15, 0.2) is 5.78 Å². The SMILES string of the molecule is COC(=O)OC(=O)CC(=O)c1ccccc1. The summed E-state index contributed by atoms with van der Waals surface area (Å²) < 4.78 is 8.29. The lowest BCUT2D eigenvalue weighted by molar-refractivity contribution is -0.138. The van der Waals surface area contributed by atoms with E-state index in [-0.39, 0.29) is 0 Å². The van der Waals surface area contributed by atoms with Crippen molar-refractivity contribution in [2.75, 3.05) is 7.11 Å². The highest BCUT2D eigenvalue weighted by Gasteiger charge is 2.16. The molecule has 0 heterocycles. The molecule has 0 aliphatic heterocycles. The number of ether oxygens (including phenoxy) is 2. The summed E-state index contributed by atoms with van der Waals surface area (Å²) in [5.41, 5.74) is 0.393. The molecule has 0 aliphatic carbocycles. The van der Waals surface area contributed by atoms with Crippen LogP contribution in [0.15, 0.2) is 30.3 Å². The Morgan fingerprint density at radius 3 is 2.31 bits per heavy atom. The largest absolute Gasteiger partial charge is 0.515 e. The summed E-state index contributed by atoms with van der Waals surface area (Å²) in [6, 6.07) is 8.27. The van der Waals surface area contributed by atoms with E-state index in [9.17, 15) is 14.4 Å². The number of hydrogen-bond acceptors (Lipinski definition) is 5. The molecule has 1 aromatic rings. The summed E-state index contributed by atoms with van der Waals surface area (Å²) >= 11 is 0. The predicted molar refractivity (Wildman–Crippen MR) is 53.9 cm³/mol. The Kier molecular flexibility index (Phi) is 4.20. The molecule has 5 nitrogen and oxygen atoms in total. The second kappa shape index (κ2) is 5.65. The highest BCUT2D eigenvalue weighted by molar-refractivity contribution is 6.07. The topological polar surface area (TPSA) is 69.7 Å². The van der Waals surface area contributed by atoms with E-state index in [1.807, 2.05) is 0 Å². The van der Waals surface area contributed by atoms with Crippen LogP contribution in [0.4, 0.5) is 4.79 Å². The summed E-state index contributed by atoms with van der Waals surface area (Å²) in [5, 5.41) is 0. The molecular formula is C11H10O5. The fraction of sp³-hybridized carbons (Fsp3) is 0.182. The molecule has 16 heavy (non-hydrogen) atoms. The fourth-order valence-corrected chi connectivity index (χ4v) is 1.03. The molecule has 0 spiro atoms. The van der Waals surface area contributed by atoms with Gasteiger partial charge < -0.3 is 9.47 Å². The Balaban J connectivity index is 2.52. The van der Waals surface area contributed by atoms with Crippen molar-refractivity contribution < 1.29 is 23.9 Å². The second-order valence-electron chi connectivity index (χ2n) is 2.89. The van der Waals surface area contributed by atoms with E-state index in [2.05, 4.69) is 9.47 Å². The van der Waals surface area contributed by atoms with Crippen LogP contribution in [0.2, 0.25) is 0 Å². The molecule has 0 N–H and O–H groups in total. The Hall–Kier alpha value is -2.17. The molecule has 0 aliphatic rings.